The van der Waals surface area contributed by atoms with Crippen LogP contribution in [0, 0.1) is 23.7 Å². The Labute approximate surface area is 225 Å². The number of ether oxygens (including phenoxy) is 3. The van der Waals surface area contributed by atoms with Crippen LogP contribution >= 0.6 is 0 Å². The predicted molar refractivity (Wildman–Crippen MR) is 151 cm³/mol. The summed E-state index contributed by atoms with van der Waals surface area (Å²) < 4.78 is 23.8. The lowest BCUT2D eigenvalue weighted by Gasteiger charge is -2.51. The van der Waals surface area contributed by atoms with Gasteiger partial charge in [0.1, 0.15) is 0 Å². The van der Waals surface area contributed by atoms with Crippen LogP contribution < -0.4 is 9.47 Å². The zero-order valence-corrected chi connectivity index (χ0v) is 25.6. The fourth-order valence-electron chi connectivity index (χ4n) is 5.43. The highest BCUT2D eigenvalue weighted by Crippen LogP contribution is 2.48. The molecule has 0 amide bonds. The van der Waals surface area contributed by atoms with Crippen LogP contribution in [0.15, 0.2) is 12.1 Å². The minimum atomic E-state index is -1.93. The van der Waals surface area contributed by atoms with Crippen molar-refractivity contribution in [1.82, 2.24) is 4.90 Å². The highest BCUT2D eigenvalue weighted by molar-refractivity contribution is 6.74. The molecular formula is C30H47NO5Si. The van der Waals surface area contributed by atoms with Crippen LogP contribution in [-0.2, 0) is 20.4 Å². The summed E-state index contributed by atoms with van der Waals surface area (Å²) in [7, 11) is 1.41. The summed E-state index contributed by atoms with van der Waals surface area (Å²) in [6.07, 6.45) is 2.51. The van der Waals surface area contributed by atoms with E-state index < -0.39 is 13.9 Å². The van der Waals surface area contributed by atoms with E-state index in [1.54, 1.807) is 14.2 Å². The number of methoxy groups -OCH3 is 2. The van der Waals surface area contributed by atoms with E-state index >= 15 is 0 Å². The Bertz CT molecular complexity index is 1030. The fraction of sp³-hybridized carbons (Fsp3) is 0.700. The third kappa shape index (κ3) is 6.53. The van der Waals surface area contributed by atoms with Crippen LogP contribution in [0.4, 0.5) is 0 Å². The first-order valence-corrected chi connectivity index (χ1v) is 16.5. The zero-order chi connectivity index (χ0) is 27.6. The van der Waals surface area contributed by atoms with E-state index in [0.717, 1.165) is 37.4 Å². The van der Waals surface area contributed by atoms with Crippen molar-refractivity contribution in [2.45, 2.75) is 90.6 Å². The van der Waals surface area contributed by atoms with E-state index in [9.17, 15) is 4.79 Å². The van der Waals surface area contributed by atoms with E-state index in [-0.39, 0.29) is 23.0 Å². The van der Waals surface area contributed by atoms with Gasteiger partial charge in [0.05, 0.1) is 20.8 Å². The molecule has 1 aromatic rings. The van der Waals surface area contributed by atoms with E-state index in [1.807, 2.05) is 0 Å². The van der Waals surface area contributed by atoms with Crippen LogP contribution in [0.1, 0.15) is 71.6 Å². The average molecular weight is 530 g/mol. The van der Waals surface area contributed by atoms with Gasteiger partial charge < -0.3 is 18.6 Å². The topological polar surface area (TPSA) is 57.2 Å². The molecule has 2 aliphatic rings. The van der Waals surface area contributed by atoms with Crippen molar-refractivity contribution in [3.63, 3.8) is 0 Å². The zero-order valence-electron chi connectivity index (χ0n) is 24.6. The van der Waals surface area contributed by atoms with Crippen molar-refractivity contribution >= 4 is 14.3 Å². The van der Waals surface area contributed by atoms with E-state index in [4.69, 9.17) is 18.6 Å². The summed E-state index contributed by atoms with van der Waals surface area (Å²) in [4.78, 5) is 15.0. The van der Waals surface area contributed by atoms with Gasteiger partial charge in [-0.2, -0.15) is 0 Å². The van der Waals surface area contributed by atoms with Crippen LogP contribution in [0.3, 0.4) is 0 Å². The van der Waals surface area contributed by atoms with Crippen molar-refractivity contribution in [2.75, 3.05) is 33.9 Å². The number of carbonyl (C=O) groups is 1. The van der Waals surface area contributed by atoms with Gasteiger partial charge in [-0.1, -0.05) is 46.5 Å². The Morgan fingerprint density at radius 1 is 1.19 bits per heavy atom. The number of hydrogen-bond donors (Lipinski definition) is 0. The first kappa shape index (κ1) is 29.5. The second-order valence-corrected chi connectivity index (χ2v) is 17.3. The molecule has 37 heavy (non-hydrogen) atoms. The maximum absolute atomic E-state index is 12.5. The predicted octanol–water partition coefficient (Wildman–Crippen LogP) is 6.00. The largest absolute Gasteiger partial charge is 0.493 e. The number of fused-ring (bicyclic) bond motifs is 3. The summed E-state index contributed by atoms with van der Waals surface area (Å²) in [5, 5.41) is 0.111. The van der Waals surface area contributed by atoms with Gasteiger partial charge >= 0.3 is 5.97 Å². The Balaban J connectivity index is 2.02. The molecule has 3 atom stereocenters. The SMILES string of the molecule is COc1cc2c(cc1OC)[C@H]1C[C@@](C#CCO[Si](C)(C)C(C)(C)C)(OC(C)=O)[C@H](CC(C)C)CN1CC2. The summed E-state index contributed by atoms with van der Waals surface area (Å²) >= 11 is 0. The van der Waals surface area contributed by atoms with Gasteiger partial charge in [-0.05, 0) is 60.2 Å². The number of rotatable bonds is 7. The molecule has 0 unspecified atom stereocenters. The molecule has 1 saturated heterocycles. The smallest absolute Gasteiger partial charge is 0.304 e. The molecule has 6 nitrogen and oxygen atoms in total. The van der Waals surface area contributed by atoms with Crippen LogP contribution in [-0.4, -0.2) is 58.7 Å². The summed E-state index contributed by atoms with van der Waals surface area (Å²) in [6, 6.07) is 4.28. The molecule has 7 heteroatoms. The molecule has 0 radical (unpaired) electrons. The highest BCUT2D eigenvalue weighted by atomic mass is 28.4. The lowest BCUT2D eigenvalue weighted by molar-refractivity contribution is -0.165. The number of hydrogen-bond acceptors (Lipinski definition) is 6. The minimum Gasteiger partial charge on any atom is -0.493 e. The molecule has 0 aromatic heterocycles. The molecule has 0 aliphatic carbocycles. The quantitative estimate of drug-likeness (QED) is 0.245. The molecule has 0 bridgehead atoms. The number of piperidine rings is 1. The second-order valence-electron chi connectivity index (χ2n) is 12.5. The average Bonchev–Trinajstić information content (AvgIpc) is 2.80. The molecule has 0 spiro atoms. The molecule has 206 valence electrons. The van der Waals surface area contributed by atoms with Gasteiger partial charge in [0.25, 0.3) is 0 Å². The van der Waals surface area contributed by atoms with Crippen molar-refractivity contribution in [1.29, 1.82) is 0 Å². The van der Waals surface area contributed by atoms with Crippen molar-refractivity contribution in [3.05, 3.63) is 23.3 Å². The molecule has 1 aromatic carbocycles. The highest BCUT2D eigenvalue weighted by Gasteiger charge is 2.50. The molecule has 0 saturated carbocycles. The standard InChI is InChI=1S/C30H47NO5Si/c1-21(2)16-24-20-31-14-12-23-17-27(33-7)28(34-8)18-25(23)26(31)19-30(24,36-22(3)32)13-11-15-35-37(9,10)29(4,5)6/h17-18,21,24,26H,12,14-16,19-20H2,1-10H3/t24-,26-,30-/m1/s1. The number of carbonyl (C=O) groups excluding carboxylic acids is 1. The molecular weight excluding hydrogens is 482 g/mol. The lowest BCUT2D eigenvalue weighted by atomic mass is 9.71. The van der Waals surface area contributed by atoms with Gasteiger partial charge in [0, 0.05) is 38.4 Å². The maximum Gasteiger partial charge on any atom is 0.304 e. The Kier molecular flexibility index (Phi) is 9.09. The van der Waals surface area contributed by atoms with Gasteiger partial charge in [0.15, 0.2) is 25.4 Å². The Morgan fingerprint density at radius 3 is 2.41 bits per heavy atom. The van der Waals surface area contributed by atoms with Crippen molar-refractivity contribution in [2.24, 2.45) is 11.8 Å². The van der Waals surface area contributed by atoms with Gasteiger partial charge in [-0.15, -0.1) is 0 Å². The van der Waals surface area contributed by atoms with Crippen molar-refractivity contribution in [3.8, 4) is 23.3 Å². The van der Waals surface area contributed by atoms with Gasteiger partial charge in [-0.25, -0.2) is 0 Å². The Morgan fingerprint density at radius 2 is 1.84 bits per heavy atom. The minimum absolute atomic E-state index is 0.0851. The summed E-state index contributed by atoms with van der Waals surface area (Å²) in [5.41, 5.74) is 1.60. The fourth-order valence-corrected chi connectivity index (χ4v) is 6.30. The second kappa shape index (κ2) is 11.4. The van der Waals surface area contributed by atoms with E-state index in [1.165, 1.54) is 18.1 Å². The number of nitrogens with zero attached hydrogens (tertiary/aromatic N) is 1. The van der Waals surface area contributed by atoms with Gasteiger partial charge in [0.2, 0.25) is 0 Å². The normalized spacial score (nSPS) is 24.0. The first-order valence-electron chi connectivity index (χ1n) is 13.6. The van der Waals surface area contributed by atoms with Crippen LogP contribution in [0.25, 0.3) is 0 Å². The van der Waals surface area contributed by atoms with Crippen LogP contribution in [0.2, 0.25) is 18.1 Å². The summed E-state index contributed by atoms with van der Waals surface area (Å²) in [5.74, 6) is 8.56. The molecule has 2 heterocycles. The van der Waals surface area contributed by atoms with Crippen LogP contribution in [0.5, 0.6) is 11.5 Å². The van der Waals surface area contributed by atoms with E-state index in [2.05, 4.69) is 76.6 Å². The third-order valence-electron chi connectivity index (χ3n) is 8.42. The molecule has 0 N–H and O–H groups in total. The monoisotopic (exact) mass is 529 g/mol. The van der Waals surface area contributed by atoms with Gasteiger partial charge in [-0.3, -0.25) is 9.69 Å². The first-order chi connectivity index (χ1) is 17.2. The number of esters is 1. The molecule has 3 rings (SSSR count). The lowest BCUT2D eigenvalue weighted by Crippen LogP contribution is -2.56. The van der Waals surface area contributed by atoms with E-state index in [0.29, 0.717) is 18.9 Å². The summed E-state index contributed by atoms with van der Waals surface area (Å²) in [6.45, 7) is 19.2. The number of benzene rings is 1. The molecule has 1 fully saturated rings. The van der Waals surface area contributed by atoms with Crippen molar-refractivity contribution < 1.29 is 23.4 Å². The molecule has 2 aliphatic heterocycles. The Hall–Kier alpha value is -2.01. The maximum atomic E-state index is 12.5. The third-order valence-corrected chi connectivity index (χ3v) is 12.9.